The van der Waals surface area contributed by atoms with Gasteiger partial charge in [-0.15, -0.1) is 0 Å². The quantitative estimate of drug-likeness (QED) is 0.422. The SMILES string of the molecule is Clc1ccc2c(N[C@H]3CC[C@@H](NCc4cnc5ccccc5c4)CC3)ccnc2c1. The third-order valence-electron chi connectivity index (χ3n) is 6.03. The van der Waals surface area contributed by atoms with Crippen LogP contribution in [-0.2, 0) is 6.54 Å². The first-order valence-corrected chi connectivity index (χ1v) is 11.0. The number of nitrogens with one attached hydrogen (secondary N) is 2. The molecule has 152 valence electrons. The molecule has 1 saturated carbocycles. The Morgan fingerprint density at radius 2 is 1.70 bits per heavy atom. The predicted octanol–water partition coefficient (Wildman–Crippen LogP) is 5.95. The van der Waals surface area contributed by atoms with E-state index in [2.05, 4.69) is 57.0 Å². The highest BCUT2D eigenvalue weighted by Gasteiger charge is 2.21. The fourth-order valence-corrected chi connectivity index (χ4v) is 4.55. The van der Waals surface area contributed by atoms with Gasteiger partial charge < -0.3 is 10.6 Å². The standard InChI is InChI=1S/C25H25ClN4/c26-19-5-10-22-24(11-12-27-25(22)14-19)30-21-8-6-20(7-9-21)28-15-17-13-18-3-1-2-4-23(18)29-16-17/h1-5,10-14,16,20-21,28H,6-9,15H2,(H,27,30)/t20-,21+. The van der Waals surface area contributed by atoms with Crippen molar-refractivity contribution >= 4 is 39.1 Å². The summed E-state index contributed by atoms with van der Waals surface area (Å²) in [4.78, 5) is 9.01. The number of hydrogen-bond donors (Lipinski definition) is 2. The van der Waals surface area contributed by atoms with Gasteiger partial charge in [-0.25, -0.2) is 0 Å². The number of anilines is 1. The summed E-state index contributed by atoms with van der Waals surface area (Å²) in [6.45, 7) is 0.871. The molecule has 1 aliphatic carbocycles. The van der Waals surface area contributed by atoms with Crippen LogP contribution in [0.3, 0.4) is 0 Å². The lowest BCUT2D eigenvalue weighted by Gasteiger charge is -2.30. The van der Waals surface area contributed by atoms with E-state index >= 15 is 0 Å². The highest BCUT2D eigenvalue weighted by atomic mass is 35.5. The van der Waals surface area contributed by atoms with Crippen molar-refractivity contribution in [3.8, 4) is 0 Å². The zero-order valence-corrected chi connectivity index (χ0v) is 17.6. The van der Waals surface area contributed by atoms with E-state index in [-0.39, 0.29) is 0 Å². The monoisotopic (exact) mass is 416 g/mol. The maximum Gasteiger partial charge on any atom is 0.0737 e. The molecule has 1 aliphatic rings. The maximum atomic E-state index is 6.11. The van der Waals surface area contributed by atoms with Crippen LogP contribution in [0.15, 0.2) is 67.0 Å². The molecular formula is C25H25ClN4. The number of aromatic nitrogens is 2. The Balaban J connectivity index is 1.16. The zero-order valence-electron chi connectivity index (χ0n) is 16.8. The van der Waals surface area contributed by atoms with E-state index in [0.29, 0.717) is 12.1 Å². The van der Waals surface area contributed by atoms with Crippen LogP contribution in [0.1, 0.15) is 31.2 Å². The first-order chi connectivity index (χ1) is 14.7. The van der Waals surface area contributed by atoms with Crippen LogP contribution in [-0.4, -0.2) is 22.1 Å². The Hall–Kier alpha value is -2.69. The van der Waals surface area contributed by atoms with Crippen molar-refractivity contribution in [2.24, 2.45) is 0 Å². The molecule has 0 saturated heterocycles. The first kappa shape index (κ1) is 19.3. The van der Waals surface area contributed by atoms with Gasteiger partial charge >= 0.3 is 0 Å². The topological polar surface area (TPSA) is 49.8 Å². The Labute approximate surface area is 181 Å². The van der Waals surface area contributed by atoms with Crippen molar-refractivity contribution in [2.75, 3.05) is 5.32 Å². The highest BCUT2D eigenvalue weighted by molar-refractivity contribution is 6.31. The van der Waals surface area contributed by atoms with Crippen LogP contribution in [0.2, 0.25) is 5.02 Å². The van der Waals surface area contributed by atoms with Gasteiger partial charge in [-0.05, 0) is 67.6 Å². The molecule has 4 aromatic rings. The van der Waals surface area contributed by atoms with Crippen molar-refractivity contribution in [2.45, 2.75) is 44.3 Å². The number of fused-ring (bicyclic) bond motifs is 2. The van der Waals surface area contributed by atoms with Crippen molar-refractivity contribution in [1.82, 2.24) is 15.3 Å². The molecule has 30 heavy (non-hydrogen) atoms. The molecule has 0 aliphatic heterocycles. The minimum absolute atomic E-state index is 0.492. The molecule has 0 atom stereocenters. The van der Waals surface area contributed by atoms with Gasteiger partial charge in [-0.1, -0.05) is 29.8 Å². The van der Waals surface area contributed by atoms with E-state index in [1.165, 1.54) is 23.8 Å². The second kappa shape index (κ2) is 8.58. The molecule has 2 N–H and O–H groups in total. The van der Waals surface area contributed by atoms with Crippen molar-refractivity contribution in [3.05, 3.63) is 77.6 Å². The van der Waals surface area contributed by atoms with E-state index in [4.69, 9.17) is 11.6 Å². The third-order valence-corrected chi connectivity index (χ3v) is 6.27. The Bertz CT molecular complexity index is 1170. The fourth-order valence-electron chi connectivity index (χ4n) is 4.38. The van der Waals surface area contributed by atoms with Crippen LogP contribution < -0.4 is 10.6 Å². The minimum atomic E-state index is 0.492. The summed E-state index contributed by atoms with van der Waals surface area (Å²) in [5, 5.41) is 10.5. The van der Waals surface area contributed by atoms with E-state index in [9.17, 15) is 0 Å². The van der Waals surface area contributed by atoms with Crippen molar-refractivity contribution < 1.29 is 0 Å². The second-order valence-electron chi connectivity index (χ2n) is 8.13. The summed E-state index contributed by atoms with van der Waals surface area (Å²) in [6.07, 6.45) is 8.51. The van der Waals surface area contributed by atoms with E-state index in [1.54, 1.807) is 0 Å². The Kier molecular flexibility index (Phi) is 5.52. The van der Waals surface area contributed by atoms with Crippen molar-refractivity contribution in [1.29, 1.82) is 0 Å². The van der Waals surface area contributed by atoms with Gasteiger partial charge in [0.1, 0.15) is 0 Å². The smallest absolute Gasteiger partial charge is 0.0737 e. The molecule has 0 spiro atoms. The Morgan fingerprint density at radius 3 is 2.60 bits per heavy atom. The number of para-hydroxylation sites is 1. The normalized spacial score (nSPS) is 19.2. The van der Waals surface area contributed by atoms with Gasteiger partial charge in [0.05, 0.1) is 11.0 Å². The van der Waals surface area contributed by atoms with Crippen LogP contribution >= 0.6 is 11.6 Å². The van der Waals surface area contributed by atoms with Crippen LogP contribution in [0, 0.1) is 0 Å². The van der Waals surface area contributed by atoms with E-state index in [0.717, 1.165) is 46.5 Å². The largest absolute Gasteiger partial charge is 0.382 e. The molecule has 0 bridgehead atoms. The summed E-state index contributed by atoms with van der Waals surface area (Å²) in [6, 6.07) is 19.5. The molecule has 2 heterocycles. The van der Waals surface area contributed by atoms with Gasteiger partial charge in [0, 0.05) is 52.5 Å². The number of halogens is 1. The molecular weight excluding hydrogens is 392 g/mol. The average Bonchev–Trinajstić information content (AvgIpc) is 2.78. The number of nitrogens with zero attached hydrogens (tertiary/aromatic N) is 2. The zero-order chi connectivity index (χ0) is 20.3. The molecule has 2 aromatic heterocycles. The number of rotatable bonds is 5. The van der Waals surface area contributed by atoms with Crippen LogP contribution in [0.25, 0.3) is 21.8 Å². The lowest BCUT2D eigenvalue weighted by Crippen LogP contribution is -2.36. The van der Waals surface area contributed by atoms with Gasteiger partial charge in [0.25, 0.3) is 0 Å². The number of hydrogen-bond acceptors (Lipinski definition) is 4. The molecule has 4 nitrogen and oxygen atoms in total. The molecule has 2 aromatic carbocycles. The summed E-state index contributed by atoms with van der Waals surface area (Å²) in [7, 11) is 0. The van der Waals surface area contributed by atoms with E-state index in [1.807, 2.05) is 30.6 Å². The van der Waals surface area contributed by atoms with E-state index < -0.39 is 0 Å². The third kappa shape index (κ3) is 4.25. The highest BCUT2D eigenvalue weighted by Crippen LogP contribution is 2.28. The lowest BCUT2D eigenvalue weighted by atomic mass is 9.90. The minimum Gasteiger partial charge on any atom is -0.382 e. The maximum absolute atomic E-state index is 6.11. The summed E-state index contributed by atoms with van der Waals surface area (Å²) in [5.74, 6) is 0. The van der Waals surface area contributed by atoms with Gasteiger partial charge in [-0.2, -0.15) is 0 Å². The van der Waals surface area contributed by atoms with Gasteiger partial charge in [0.15, 0.2) is 0 Å². The lowest BCUT2D eigenvalue weighted by molar-refractivity contribution is 0.353. The predicted molar refractivity (Wildman–Crippen MR) is 125 cm³/mol. The van der Waals surface area contributed by atoms with Crippen molar-refractivity contribution in [3.63, 3.8) is 0 Å². The fraction of sp³-hybridized carbons (Fsp3) is 0.280. The molecule has 0 radical (unpaired) electrons. The molecule has 1 fully saturated rings. The summed E-state index contributed by atoms with van der Waals surface area (Å²) in [5.41, 5.74) is 4.39. The average molecular weight is 417 g/mol. The first-order valence-electron chi connectivity index (χ1n) is 10.6. The molecule has 0 amide bonds. The summed E-state index contributed by atoms with van der Waals surface area (Å²) < 4.78 is 0. The molecule has 0 unspecified atom stereocenters. The van der Waals surface area contributed by atoms with Gasteiger partial charge in [-0.3, -0.25) is 9.97 Å². The number of pyridine rings is 2. The second-order valence-corrected chi connectivity index (χ2v) is 8.57. The number of benzene rings is 2. The van der Waals surface area contributed by atoms with Crippen LogP contribution in [0.5, 0.6) is 0 Å². The molecule has 5 rings (SSSR count). The van der Waals surface area contributed by atoms with Crippen LogP contribution in [0.4, 0.5) is 5.69 Å². The van der Waals surface area contributed by atoms with Gasteiger partial charge in [0.2, 0.25) is 0 Å². The Morgan fingerprint density at radius 1 is 0.867 bits per heavy atom. The summed E-state index contributed by atoms with van der Waals surface area (Å²) >= 11 is 6.11. The molecule has 5 heteroatoms.